The van der Waals surface area contributed by atoms with E-state index in [1.807, 2.05) is 11.8 Å². The summed E-state index contributed by atoms with van der Waals surface area (Å²) in [5.41, 5.74) is 0. The van der Waals surface area contributed by atoms with E-state index in [0.717, 1.165) is 50.7 Å². The Kier molecular flexibility index (Phi) is 18.1. The first-order chi connectivity index (χ1) is 15.1. The molecule has 0 aromatic rings. The fraction of sp³-hybridized carbons (Fsp3) is 0.963. The Bertz CT molecular complexity index is 429. The van der Waals surface area contributed by atoms with Gasteiger partial charge < -0.3 is 10.2 Å². The van der Waals surface area contributed by atoms with Crippen LogP contribution in [0.5, 0.6) is 0 Å². The predicted octanol–water partition coefficient (Wildman–Crippen LogP) is 7.32. The van der Waals surface area contributed by atoms with Crippen LogP contribution in [0.1, 0.15) is 129 Å². The van der Waals surface area contributed by atoms with Gasteiger partial charge in [-0.2, -0.15) is 11.8 Å². The fourth-order valence-electron chi connectivity index (χ4n) is 4.93. The molecule has 0 radical (unpaired) electrons. The third-order valence-corrected chi connectivity index (χ3v) is 8.61. The van der Waals surface area contributed by atoms with Crippen LogP contribution in [0.15, 0.2) is 0 Å². The molecule has 1 rings (SSSR count). The summed E-state index contributed by atoms with van der Waals surface area (Å²) in [6, 6.07) is 0. The maximum atomic E-state index is 12.6. The molecule has 1 aliphatic carbocycles. The largest absolute Gasteiger partial charge is 0.396 e. The van der Waals surface area contributed by atoms with Gasteiger partial charge in [0.1, 0.15) is 5.78 Å². The normalized spacial score (nSPS) is 21.2. The first-order valence-corrected chi connectivity index (χ1v) is 14.6. The highest BCUT2D eigenvalue weighted by Crippen LogP contribution is 2.31. The highest BCUT2D eigenvalue weighted by atomic mass is 32.2. The summed E-state index contributed by atoms with van der Waals surface area (Å²) in [5, 5.41) is 20.0. The molecule has 0 aromatic carbocycles. The molecule has 1 saturated carbocycles. The first-order valence-electron chi connectivity index (χ1n) is 13.5. The molecule has 0 heterocycles. The van der Waals surface area contributed by atoms with Crippen molar-refractivity contribution in [2.24, 2.45) is 11.8 Å². The zero-order valence-corrected chi connectivity index (χ0v) is 21.5. The van der Waals surface area contributed by atoms with E-state index in [0.29, 0.717) is 29.3 Å². The van der Waals surface area contributed by atoms with Gasteiger partial charge in [0.2, 0.25) is 0 Å². The van der Waals surface area contributed by atoms with E-state index in [9.17, 15) is 15.0 Å². The molecule has 31 heavy (non-hydrogen) atoms. The van der Waals surface area contributed by atoms with Crippen molar-refractivity contribution >= 4 is 17.5 Å². The Morgan fingerprint density at radius 3 is 1.97 bits per heavy atom. The molecule has 0 spiro atoms. The zero-order chi connectivity index (χ0) is 22.7. The van der Waals surface area contributed by atoms with Gasteiger partial charge in [0.15, 0.2) is 0 Å². The van der Waals surface area contributed by atoms with Crippen molar-refractivity contribution in [3.63, 3.8) is 0 Å². The Morgan fingerprint density at radius 2 is 1.42 bits per heavy atom. The Morgan fingerprint density at radius 1 is 0.839 bits per heavy atom. The van der Waals surface area contributed by atoms with Crippen LogP contribution in [-0.2, 0) is 4.79 Å². The van der Waals surface area contributed by atoms with E-state index in [1.165, 1.54) is 64.2 Å². The minimum absolute atomic E-state index is 0.108. The number of hydrogen-bond acceptors (Lipinski definition) is 4. The van der Waals surface area contributed by atoms with Crippen molar-refractivity contribution < 1.29 is 15.0 Å². The number of rotatable bonds is 20. The second-order valence-corrected chi connectivity index (χ2v) is 11.2. The zero-order valence-electron chi connectivity index (χ0n) is 20.7. The third kappa shape index (κ3) is 14.7. The molecule has 1 aliphatic rings. The number of unbranched alkanes of at least 4 members (excludes halogenated alkanes) is 4. The quantitative estimate of drug-likeness (QED) is 0.188. The number of carbonyl (C=O) groups is 1. The molecular weight excluding hydrogens is 404 g/mol. The molecule has 3 unspecified atom stereocenters. The number of carbonyl (C=O) groups excluding carboxylic acids is 1. The molecule has 0 amide bonds. The molecule has 4 heteroatoms. The van der Waals surface area contributed by atoms with Crippen molar-refractivity contribution in [1.82, 2.24) is 0 Å². The van der Waals surface area contributed by atoms with E-state index < -0.39 is 0 Å². The summed E-state index contributed by atoms with van der Waals surface area (Å²) < 4.78 is 0. The van der Waals surface area contributed by atoms with Crippen LogP contribution in [-0.4, -0.2) is 39.7 Å². The lowest BCUT2D eigenvalue weighted by Crippen LogP contribution is -2.27. The summed E-state index contributed by atoms with van der Waals surface area (Å²) in [7, 11) is 0. The highest BCUT2D eigenvalue weighted by molar-refractivity contribution is 7.99. The minimum atomic E-state index is -0.108. The summed E-state index contributed by atoms with van der Waals surface area (Å²) >= 11 is 1.98. The average molecular weight is 457 g/mol. The van der Waals surface area contributed by atoms with Crippen LogP contribution in [0.3, 0.4) is 0 Å². The van der Waals surface area contributed by atoms with Crippen LogP contribution in [0.2, 0.25) is 0 Å². The topological polar surface area (TPSA) is 57.5 Å². The predicted molar refractivity (Wildman–Crippen MR) is 136 cm³/mol. The van der Waals surface area contributed by atoms with Crippen molar-refractivity contribution in [1.29, 1.82) is 0 Å². The molecular formula is C27H52O3S. The van der Waals surface area contributed by atoms with Crippen molar-refractivity contribution in [3.8, 4) is 0 Å². The van der Waals surface area contributed by atoms with E-state index in [2.05, 4.69) is 13.8 Å². The molecule has 0 saturated heterocycles. The Balaban J connectivity index is 2.33. The number of ketones is 1. The number of aliphatic hydroxyl groups is 2. The summed E-state index contributed by atoms with van der Waals surface area (Å²) in [5.74, 6) is 2.72. The second kappa shape index (κ2) is 19.4. The van der Waals surface area contributed by atoms with Crippen LogP contribution in [0.25, 0.3) is 0 Å². The average Bonchev–Trinajstić information content (AvgIpc) is 2.77. The van der Waals surface area contributed by atoms with E-state index in [4.69, 9.17) is 0 Å². The molecule has 0 bridgehead atoms. The SMILES string of the molecule is CCCCCC(CCO)CCC(=O)CCC(CCCCC)CCSC1CCCC[C@H]1O. The van der Waals surface area contributed by atoms with E-state index in [1.54, 1.807) is 0 Å². The molecule has 0 aliphatic heterocycles. The molecule has 4 atom stereocenters. The van der Waals surface area contributed by atoms with Gasteiger partial charge in [0.05, 0.1) is 6.10 Å². The minimum Gasteiger partial charge on any atom is -0.396 e. The van der Waals surface area contributed by atoms with Gasteiger partial charge >= 0.3 is 0 Å². The van der Waals surface area contributed by atoms with Gasteiger partial charge in [-0.3, -0.25) is 4.79 Å². The summed E-state index contributed by atoms with van der Waals surface area (Å²) in [6.07, 6.45) is 19.9. The maximum Gasteiger partial charge on any atom is 0.132 e. The van der Waals surface area contributed by atoms with Gasteiger partial charge in [0.25, 0.3) is 0 Å². The van der Waals surface area contributed by atoms with Gasteiger partial charge in [0, 0.05) is 24.7 Å². The number of Topliss-reactive ketones (excluding diaryl/α,β-unsaturated/α-hetero) is 1. The molecule has 2 N–H and O–H groups in total. The summed E-state index contributed by atoms with van der Waals surface area (Å²) in [6.45, 7) is 4.72. The van der Waals surface area contributed by atoms with Crippen LogP contribution in [0, 0.1) is 11.8 Å². The van der Waals surface area contributed by atoms with Crippen molar-refractivity contribution in [3.05, 3.63) is 0 Å². The molecule has 3 nitrogen and oxygen atoms in total. The summed E-state index contributed by atoms with van der Waals surface area (Å²) in [4.78, 5) is 12.6. The molecule has 0 aromatic heterocycles. The lowest BCUT2D eigenvalue weighted by atomic mass is 9.89. The second-order valence-electron chi connectivity index (χ2n) is 9.90. The Labute approximate surface area is 197 Å². The van der Waals surface area contributed by atoms with Gasteiger partial charge in [-0.25, -0.2) is 0 Å². The molecule has 1 fully saturated rings. The standard InChI is InChI=1S/C27H52O3S/c1-3-5-7-11-23(19-21-28)15-17-25(29)18-16-24(12-8-6-4-2)20-22-31-27-14-10-9-13-26(27)30/h23-24,26-28,30H,3-22H2,1-2H3/t23?,24?,26-,27?/m1/s1. The smallest absolute Gasteiger partial charge is 0.132 e. The van der Waals surface area contributed by atoms with Crippen LogP contribution >= 0.6 is 11.8 Å². The van der Waals surface area contributed by atoms with Crippen molar-refractivity contribution in [2.75, 3.05) is 12.4 Å². The van der Waals surface area contributed by atoms with Crippen LogP contribution < -0.4 is 0 Å². The van der Waals surface area contributed by atoms with E-state index in [-0.39, 0.29) is 12.7 Å². The van der Waals surface area contributed by atoms with Crippen LogP contribution in [0.4, 0.5) is 0 Å². The Hall–Kier alpha value is -0.0600. The lowest BCUT2D eigenvalue weighted by Gasteiger charge is -2.27. The van der Waals surface area contributed by atoms with Crippen molar-refractivity contribution in [2.45, 2.75) is 141 Å². The van der Waals surface area contributed by atoms with Gasteiger partial charge in [-0.05, 0) is 56.1 Å². The number of aliphatic hydroxyl groups excluding tert-OH is 2. The first kappa shape index (κ1) is 29.0. The van der Waals surface area contributed by atoms with Gasteiger partial charge in [-0.15, -0.1) is 0 Å². The number of hydrogen-bond donors (Lipinski definition) is 2. The maximum absolute atomic E-state index is 12.6. The molecule has 184 valence electrons. The highest BCUT2D eigenvalue weighted by Gasteiger charge is 2.23. The lowest BCUT2D eigenvalue weighted by molar-refractivity contribution is -0.119. The fourth-order valence-corrected chi connectivity index (χ4v) is 6.39. The van der Waals surface area contributed by atoms with E-state index >= 15 is 0 Å². The van der Waals surface area contributed by atoms with Gasteiger partial charge in [-0.1, -0.05) is 78.1 Å². The number of thioether (sulfide) groups is 1. The monoisotopic (exact) mass is 456 g/mol. The third-order valence-electron chi connectivity index (χ3n) is 7.16.